The molecule has 0 saturated heterocycles. The lowest BCUT2D eigenvalue weighted by Crippen LogP contribution is -2.36. The smallest absolute Gasteiger partial charge is 0.363 e. The number of benzene rings is 1. The number of alkyl halides is 3. The first-order chi connectivity index (χ1) is 15.7. The van der Waals surface area contributed by atoms with Gasteiger partial charge in [0.15, 0.2) is 0 Å². The second-order valence-corrected chi connectivity index (χ2v) is 7.45. The molecule has 0 aliphatic heterocycles. The van der Waals surface area contributed by atoms with Gasteiger partial charge in [0.05, 0.1) is 17.6 Å². The lowest BCUT2D eigenvalue weighted by atomic mass is 10.1. The molecule has 4 rings (SSSR count). The van der Waals surface area contributed by atoms with Gasteiger partial charge in [-0.3, -0.25) is 4.40 Å². The minimum Gasteiger partial charge on any atom is -0.363 e. The molecular weight excluding hydrogens is 435 g/mol. The Labute approximate surface area is 187 Å². The number of urea groups is 1. The Morgan fingerprint density at radius 1 is 1.06 bits per heavy atom. The van der Waals surface area contributed by atoms with Gasteiger partial charge in [0.1, 0.15) is 24.3 Å². The molecule has 8 nitrogen and oxygen atoms in total. The van der Waals surface area contributed by atoms with Crippen molar-refractivity contribution in [1.82, 2.24) is 24.7 Å². The summed E-state index contributed by atoms with van der Waals surface area (Å²) in [4.78, 5) is 26.7. The number of imidazole rings is 1. The lowest BCUT2D eigenvalue weighted by molar-refractivity contribution is -0.122. The van der Waals surface area contributed by atoms with Crippen LogP contribution in [0.1, 0.15) is 0 Å². The summed E-state index contributed by atoms with van der Waals surface area (Å²) in [5.74, 6) is 0.785. The topological polar surface area (TPSA) is 87.5 Å². The summed E-state index contributed by atoms with van der Waals surface area (Å²) in [7, 11) is 3.80. The monoisotopic (exact) mass is 455 g/mol. The Morgan fingerprint density at radius 3 is 2.64 bits per heavy atom. The van der Waals surface area contributed by atoms with E-state index in [0.717, 1.165) is 28.3 Å². The predicted molar refractivity (Wildman–Crippen MR) is 119 cm³/mol. The fraction of sp³-hybridized carbons (Fsp3) is 0.182. The highest BCUT2D eigenvalue weighted by molar-refractivity contribution is 5.90. The van der Waals surface area contributed by atoms with Gasteiger partial charge in [-0.25, -0.2) is 19.7 Å². The van der Waals surface area contributed by atoms with Crippen molar-refractivity contribution in [3.8, 4) is 22.5 Å². The van der Waals surface area contributed by atoms with Crippen molar-refractivity contribution in [3.05, 3.63) is 61.2 Å². The van der Waals surface area contributed by atoms with E-state index >= 15 is 0 Å². The molecular formula is C22H20F3N7O. The number of anilines is 2. The summed E-state index contributed by atoms with van der Waals surface area (Å²) in [5.41, 5.74) is 4.18. The van der Waals surface area contributed by atoms with Crippen molar-refractivity contribution in [1.29, 1.82) is 0 Å². The molecule has 3 aromatic heterocycles. The van der Waals surface area contributed by atoms with E-state index in [2.05, 4.69) is 20.3 Å². The summed E-state index contributed by atoms with van der Waals surface area (Å²) < 4.78 is 38.7. The average molecular weight is 455 g/mol. The number of aromatic nitrogens is 4. The second-order valence-electron chi connectivity index (χ2n) is 7.45. The molecule has 0 unspecified atom stereocenters. The van der Waals surface area contributed by atoms with Crippen molar-refractivity contribution in [3.63, 3.8) is 0 Å². The van der Waals surface area contributed by atoms with E-state index in [1.807, 2.05) is 53.9 Å². The van der Waals surface area contributed by atoms with Crippen LogP contribution in [-0.4, -0.2) is 52.2 Å². The number of hydrogen-bond acceptors (Lipinski definition) is 5. The van der Waals surface area contributed by atoms with Gasteiger partial charge in [-0.1, -0.05) is 12.1 Å². The Morgan fingerprint density at radius 2 is 1.88 bits per heavy atom. The quantitative estimate of drug-likeness (QED) is 0.471. The molecule has 0 aliphatic carbocycles. The van der Waals surface area contributed by atoms with Gasteiger partial charge in [0.2, 0.25) is 0 Å². The molecule has 0 radical (unpaired) electrons. The fourth-order valence-corrected chi connectivity index (χ4v) is 3.22. The largest absolute Gasteiger partial charge is 0.405 e. The Balaban J connectivity index is 1.58. The van der Waals surface area contributed by atoms with E-state index in [-0.39, 0.29) is 0 Å². The van der Waals surface area contributed by atoms with Gasteiger partial charge in [-0.2, -0.15) is 13.2 Å². The van der Waals surface area contributed by atoms with Crippen LogP contribution in [-0.2, 0) is 0 Å². The highest BCUT2D eigenvalue weighted by Gasteiger charge is 2.27. The Bertz CT molecular complexity index is 1300. The third kappa shape index (κ3) is 5.20. The molecule has 11 heteroatoms. The highest BCUT2D eigenvalue weighted by atomic mass is 19.4. The number of nitrogens with one attached hydrogen (secondary N) is 2. The van der Waals surface area contributed by atoms with Gasteiger partial charge in [0, 0.05) is 43.2 Å². The zero-order valence-electron chi connectivity index (χ0n) is 17.8. The highest BCUT2D eigenvalue weighted by Crippen LogP contribution is 2.27. The maximum absolute atomic E-state index is 12.3. The molecule has 2 amide bonds. The molecule has 4 aromatic rings. The molecule has 3 heterocycles. The first-order valence-electron chi connectivity index (χ1n) is 9.88. The zero-order chi connectivity index (χ0) is 23.6. The van der Waals surface area contributed by atoms with E-state index in [0.29, 0.717) is 11.3 Å². The van der Waals surface area contributed by atoms with Gasteiger partial charge < -0.3 is 15.5 Å². The zero-order valence-corrected chi connectivity index (χ0v) is 17.8. The summed E-state index contributed by atoms with van der Waals surface area (Å²) in [6, 6.07) is 11.5. The summed E-state index contributed by atoms with van der Waals surface area (Å²) >= 11 is 0. The number of hydrogen-bond donors (Lipinski definition) is 2. The molecule has 0 atom stereocenters. The summed E-state index contributed by atoms with van der Waals surface area (Å²) in [6.45, 7) is -1.41. The van der Waals surface area contributed by atoms with Crippen LogP contribution in [0.2, 0.25) is 0 Å². The molecule has 0 fully saturated rings. The van der Waals surface area contributed by atoms with E-state index in [9.17, 15) is 18.0 Å². The molecule has 0 spiro atoms. The first kappa shape index (κ1) is 22.1. The molecule has 33 heavy (non-hydrogen) atoms. The molecule has 0 bridgehead atoms. The molecule has 0 aliphatic rings. The Hall–Kier alpha value is -4.15. The maximum atomic E-state index is 12.3. The number of carbonyl (C=O) groups excluding carboxylic acids is 1. The number of nitrogens with zero attached hydrogens (tertiary/aromatic N) is 5. The molecule has 0 saturated carbocycles. The van der Waals surface area contributed by atoms with Crippen LogP contribution >= 0.6 is 0 Å². The number of amides is 2. The van der Waals surface area contributed by atoms with Crippen molar-refractivity contribution < 1.29 is 18.0 Å². The SMILES string of the molecule is CN(C)c1cc(-c2ccn3c(-c4cccc(NC(=O)NCC(F)(F)F)c4)cnc3c2)ncn1. The standard InChI is InChI=1S/C22H20F3N7O/c1-31(2)19-10-17(28-13-29-19)14-6-7-32-18(11-26-20(32)9-14)15-4-3-5-16(8-15)30-21(33)27-12-22(23,24)25/h3-11,13H,12H2,1-2H3,(H2,27,30,33). The van der Waals surface area contributed by atoms with Gasteiger partial charge in [-0.05, 0) is 24.3 Å². The van der Waals surface area contributed by atoms with E-state index in [1.165, 1.54) is 6.33 Å². The minimum absolute atomic E-state index is 0.357. The van der Waals surface area contributed by atoms with Crippen LogP contribution in [0.5, 0.6) is 0 Å². The van der Waals surface area contributed by atoms with E-state index in [4.69, 9.17) is 0 Å². The van der Waals surface area contributed by atoms with E-state index < -0.39 is 18.8 Å². The third-order valence-corrected chi connectivity index (χ3v) is 4.79. The van der Waals surface area contributed by atoms with Crippen molar-refractivity contribution in [2.45, 2.75) is 6.18 Å². The predicted octanol–water partition coefficient (Wildman–Crippen LogP) is 4.21. The number of halogens is 3. The van der Waals surface area contributed by atoms with Crippen molar-refractivity contribution >= 4 is 23.2 Å². The van der Waals surface area contributed by atoms with Crippen LogP contribution in [0.25, 0.3) is 28.2 Å². The first-order valence-corrected chi connectivity index (χ1v) is 9.88. The summed E-state index contributed by atoms with van der Waals surface area (Å²) in [6.07, 6.45) is 0.581. The molecule has 170 valence electrons. The lowest BCUT2D eigenvalue weighted by Gasteiger charge is -2.12. The van der Waals surface area contributed by atoms with Crippen LogP contribution in [0.3, 0.4) is 0 Å². The van der Waals surface area contributed by atoms with Crippen LogP contribution in [0.15, 0.2) is 61.2 Å². The van der Waals surface area contributed by atoms with Crippen molar-refractivity contribution in [2.75, 3.05) is 30.9 Å². The third-order valence-electron chi connectivity index (χ3n) is 4.79. The van der Waals surface area contributed by atoms with Gasteiger partial charge >= 0.3 is 12.2 Å². The van der Waals surface area contributed by atoms with Crippen LogP contribution < -0.4 is 15.5 Å². The second kappa shape index (κ2) is 8.77. The normalized spacial score (nSPS) is 11.4. The average Bonchev–Trinajstić information content (AvgIpc) is 3.21. The molecule has 2 N–H and O–H groups in total. The minimum atomic E-state index is -4.48. The number of fused-ring (bicyclic) bond motifs is 1. The van der Waals surface area contributed by atoms with E-state index in [1.54, 1.807) is 29.7 Å². The maximum Gasteiger partial charge on any atom is 0.405 e. The Kier molecular flexibility index (Phi) is 5.86. The molecule has 1 aromatic carbocycles. The van der Waals surface area contributed by atoms with Crippen LogP contribution in [0.4, 0.5) is 29.5 Å². The van der Waals surface area contributed by atoms with Gasteiger partial charge in [0.25, 0.3) is 0 Å². The summed E-state index contributed by atoms with van der Waals surface area (Å²) in [5, 5.41) is 4.19. The number of carbonyl (C=O) groups is 1. The van der Waals surface area contributed by atoms with Gasteiger partial charge in [-0.15, -0.1) is 0 Å². The number of rotatable bonds is 5. The van der Waals surface area contributed by atoms with Crippen molar-refractivity contribution in [2.24, 2.45) is 0 Å². The van der Waals surface area contributed by atoms with Crippen LogP contribution in [0, 0.1) is 0 Å². The number of pyridine rings is 1. The fourth-order valence-electron chi connectivity index (χ4n) is 3.22.